The van der Waals surface area contributed by atoms with E-state index in [1.165, 1.54) is 18.2 Å². The molecule has 9 heteroatoms. The molecule has 160 valence electrons. The quantitative estimate of drug-likeness (QED) is 0.262. The van der Waals surface area contributed by atoms with Crippen LogP contribution in [0.15, 0.2) is 78.4 Å². The van der Waals surface area contributed by atoms with Crippen LogP contribution >= 0.6 is 11.6 Å². The highest BCUT2D eigenvalue weighted by Crippen LogP contribution is 2.37. The number of ether oxygens (including phenoxy) is 1. The molecule has 1 saturated heterocycles. The second-order valence-electron chi connectivity index (χ2n) is 6.86. The number of carbonyl (C=O) groups excluding carboxylic acids is 2. The van der Waals surface area contributed by atoms with Crippen LogP contribution in [0.1, 0.15) is 11.1 Å². The van der Waals surface area contributed by atoms with Crippen molar-refractivity contribution in [3.8, 4) is 5.75 Å². The molecule has 32 heavy (non-hydrogen) atoms. The first-order valence-electron chi connectivity index (χ1n) is 9.51. The first-order valence-corrected chi connectivity index (χ1v) is 9.88. The zero-order chi connectivity index (χ0) is 22.7. The predicted octanol–water partition coefficient (Wildman–Crippen LogP) is 4.29. The third-order valence-corrected chi connectivity index (χ3v) is 4.97. The minimum atomic E-state index is -0.624. The van der Waals surface area contributed by atoms with E-state index in [-0.39, 0.29) is 34.2 Å². The summed E-state index contributed by atoms with van der Waals surface area (Å²) >= 11 is 6.27. The minimum absolute atomic E-state index is 0.00671. The number of hydrazine groups is 1. The molecule has 1 heterocycles. The fraction of sp³-hybridized carbons (Fsp3) is 0.0435. The molecular formula is C23H16ClN3O5. The van der Waals surface area contributed by atoms with Crippen LogP contribution in [0.4, 0.5) is 11.4 Å². The topological polar surface area (TPSA) is 102 Å². The van der Waals surface area contributed by atoms with Gasteiger partial charge in [-0.1, -0.05) is 60.1 Å². The number of rotatable bonds is 6. The maximum Gasteiger partial charge on any atom is 0.313 e. The minimum Gasteiger partial charge on any atom is -0.481 e. The Morgan fingerprint density at radius 3 is 2.34 bits per heavy atom. The van der Waals surface area contributed by atoms with E-state index in [0.29, 0.717) is 5.69 Å². The molecule has 1 N–H and O–H groups in total. The van der Waals surface area contributed by atoms with Crippen molar-refractivity contribution in [3.05, 3.63) is 105 Å². The van der Waals surface area contributed by atoms with Crippen molar-refractivity contribution in [1.82, 2.24) is 5.43 Å². The van der Waals surface area contributed by atoms with E-state index in [4.69, 9.17) is 16.3 Å². The summed E-state index contributed by atoms with van der Waals surface area (Å²) in [6, 6.07) is 20.3. The lowest BCUT2D eigenvalue weighted by Crippen LogP contribution is -2.35. The molecule has 2 amide bonds. The SMILES string of the molecule is O=C1NN(c2ccccc2)C(=O)/C1=C\c1cc(Cl)c(OCc2ccccc2)c([N+](=O)[O-])c1. The Morgan fingerprint density at radius 2 is 1.69 bits per heavy atom. The summed E-state index contributed by atoms with van der Waals surface area (Å²) < 4.78 is 5.61. The van der Waals surface area contributed by atoms with Crippen LogP contribution in [0, 0.1) is 10.1 Å². The summed E-state index contributed by atoms with van der Waals surface area (Å²) in [6.45, 7) is 0.0920. The van der Waals surface area contributed by atoms with Gasteiger partial charge in [-0.05, 0) is 35.4 Å². The number of amides is 2. The van der Waals surface area contributed by atoms with Gasteiger partial charge in [0, 0.05) is 6.07 Å². The third-order valence-electron chi connectivity index (χ3n) is 4.69. The van der Waals surface area contributed by atoms with E-state index < -0.39 is 16.7 Å². The van der Waals surface area contributed by atoms with Gasteiger partial charge in [0.1, 0.15) is 12.2 Å². The number of hydrogen-bond acceptors (Lipinski definition) is 5. The number of anilines is 1. The van der Waals surface area contributed by atoms with Crippen LogP contribution in [0.25, 0.3) is 6.08 Å². The second-order valence-corrected chi connectivity index (χ2v) is 7.26. The van der Waals surface area contributed by atoms with Gasteiger partial charge in [0.05, 0.1) is 15.6 Å². The van der Waals surface area contributed by atoms with Crippen molar-refractivity contribution in [2.75, 3.05) is 5.01 Å². The Morgan fingerprint density at radius 1 is 1.03 bits per heavy atom. The number of benzene rings is 3. The van der Waals surface area contributed by atoms with Crippen molar-refractivity contribution in [1.29, 1.82) is 0 Å². The molecule has 0 unspecified atom stereocenters. The number of hydrogen-bond donors (Lipinski definition) is 1. The lowest BCUT2D eigenvalue weighted by molar-refractivity contribution is -0.385. The van der Waals surface area contributed by atoms with Gasteiger partial charge in [0.15, 0.2) is 0 Å². The summed E-state index contributed by atoms with van der Waals surface area (Å²) in [4.78, 5) is 36.1. The zero-order valence-corrected chi connectivity index (χ0v) is 17.3. The molecule has 0 spiro atoms. The normalized spacial score (nSPS) is 14.5. The third kappa shape index (κ3) is 4.30. The molecule has 1 aliphatic rings. The van der Waals surface area contributed by atoms with E-state index >= 15 is 0 Å². The van der Waals surface area contributed by atoms with E-state index in [0.717, 1.165) is 10.6 Å². The highest BCUT2D eigenvalue weighted by Gasteiger charge is 2.34. The maximum absolute atomic E-state index is 12.7. The van der Waals surface area contributed by atoms with Crippen LogP contribution in [-0.4, -0.2) is 16.7 Å². The molecule has 8 nitrogen and oxygen atoms in total. The van der Waals surface area contributed by atoms with Crippen molar-refractivity contribution in [3.63, 3.8) is 0 Å². The van der Waals surface area contributed by atoms with Crippen molar-refractivity contribution >= 4 is 40.9 Å². The summed E-state index contributed by atoms with van der Waals surface area (Å²) in [5, 5.41) is 12.7. The molecule has 1 fully saturated rings. The fourth-order valence-corrected chi connectivity index (χ4v) is 3.45. The van der Waals surface area contributed by atoms with Crippen molar-refractivity contribution in [2.45, 2.75) is 6.61 Å². The molecule has 1 aliphatic heterocycles. The molecular weight excluding hydrogens is 434 g/mol. The van der Waals surface area contributed by atoms with E-state index in [1.807, 2.05) is 30.3 Å². The van der Waals surface area contributed by atoms with Crippen LogP contribution in [0.3, 0.4) is 0 Å². The van der Waals surface area contributed by atoms with Crippen LogP contribution in [-0.2, 0) is 16.2 Å². The standard InChI is InChI=1S/C23H16ClN3O5/c24-19-12-16(11-18-22(28)25-26(23(18)29)17-9-5-2-6-10-17)13-20(27(30)31)21(19)32-14-15-7-3-1-4-8-15/h1-13H,14H2,(H,25,28)/b18-11-. The highest BCUT2D eigenvalue weighted by atomic mass is 35.5. The van der Waals surface area contributed by atoms with Crippen LogP contribution < -0.4 is 15.2 Å². The Hall–Kier alpha value is -4.17. The van der Waals surface area contributed by atoms with Crippen molar-refractivity contribution in [2.24, 2.45) is 0 Å². The monoisotopic (exact) mass is 449 g/mol. The van der Waals surface area contributed by atoms with Gasteiger partial charge in [-0.15, -0.1) is 0 Å². The molecule has 0 radical (unpaired) electrons. The molecule has 3 aromatic rings. The average molecular weight is 450 g/mol. The summed E-state index contributed by atoms with van der Waals surface area (Å²) in [7, 11) is 0. The molecule has 0 bridgehead atoms. The number of nitrogens with one attached hydrogen (secondary N) is 1. The summed E-state index contributed by atoms with van der Waals surface area (Å²) in [5.74, 6) is -1.29. The second kappa shape index (κ2) is 8.91. The lowest BCUT2D eigenvalue weighted by atomic mass is 10.1. The average Bonchev–Trinajstić information content (AvgIpc) is 3.07. The van der Waals surface area contributed by atoms with Gasteiger partial charge in [-0.3, -0.25) is 25.1 Å². The number of para-hydroxylation sites is 1. The van der Waals surface area contributed by atoms with Gasteiger partial charge in [-0.2, -0.15) is 0 Å². The Bertz CT molecular complexity index is 1230. The fourth-order valence-electron chi connectivity index (χ4n) is 3.17. The van der Waals surface area contributed by atoms with Gasteiger partial charge in [-0.25, -0.2) is 5.01 Å². The van der Waals surface area contributed by atoms with E-state index in [9.17, 15) is 19.7 Å². The smallest absolute Gasteiger partial charge is 0.313 e. The Kier molecular flexibility index (Phi) is 5.87. The number of halogens is 1. The molecule has 3 aromatic carbocycles. The van der Waals surface area contributed by atoms with E-state index in [1.54, 1.807) is 30.3 Å². The van der Waals surface area contributed by atoms with Gasteiger partial charge in [0.2, 0.25) is 5.75 Å². The number of nitro benzene ring substituents is 1. The zero-order valence-electron chi connectivity index (χ0n) is 16.5. The summed E-state index contributed by atoms with van der Waals surface area (Å²) in [5.41, 5.74) is 3.47. The van der Waals surface area contributed by atoms with E-state index in [2.05, 4.69) is 5.43 Å². The van der Waals surface area contributed by atoms with Gasteiger partial charge < -0.3 is 4.74 Å². The lowest BCUT2D eigenvalue weighted by Gasteiger charge is -2.13. The Labute approximate surface area is 187 Å². The van der Waals surface area contributed by atoms with Gasteiger partial charge in [0.25, 0.3) is 11.8 Å². The number of nitro groups is 1. The molecule has 0 aromatic heterocycles. The Balaban J connectivity index is 1.64. The summed E-state index contributed by atoms with van der Waals surface area (Å²) in [6.07, 6.45) is 1.26. The largest absolute Gasteiger partial charge is 0.481 e. The van der Waals surface area contributed by atoms with Crippen LogP contribution in [0.2, 0.25) is 5.02 Å². The van der Waals surface area contributed by atoms with Crippen molar-refractivity contribution < 1.29 is 19.2 Å². The number of nitrogens with zero attached hydrogens (tertiary/aromatic N) is 2. The number of carbonyl (C=O) groups is 2. The highest BCUT2D eigenvalue weighted by molar-refractivity contribution is 6.33. The molecule has 0 atom stereocenters. The van der Waals surface area contributed by atoms with Crippen LogP contribution in [0.5, 0.6) is 5.75 Å². The molecule has 4 rings (SSSR count). The van der Waals surface area contributed by atoms with Gasteiger partial charge >= 0.3 is 5.69 Å². The first kappa shape index (κ1) is 21.1. The first-order chi connectivity index (χ1) is 15.4. The predicted molar refractivity (Wildman–Crippen MR) is 119 cm³/mol. The molecule has 0 saturated carbocycles. The maximum atomic E-state index is 12.7. The molecule has 0 aliphatic carbocycles.